The second-order valence-corrected chi connectivity index (χ2v) is 5.22. The van der Waals surface area contributed by atoms with Crippen molar-refractivity contribution in [2.45, 2.75) is 12.8 Å². The molecule has 0 saturated carbocycles. The summed E-state index contributed by atoms with van der Waals surface area (Å²) in [6, 6.07) is 12.5. The number of furan rings is 1. The minimum absolute atomic E-state index is 0.151. The van der Waals surface area contributed by atoms with Gasteiger partial charge in [-0.25, -0.2) is 4.68 Å². The van der Waals surface area contributed by atoms with Crippen molar-refractivity contribution >= 4 is 11.8 Å². The molecule has 8 heteroatoms. The maximum absolute atomic E-state index is 12.1. The number of aromatic hydroxyl groups is 1. The molecule has 3 rings (SSSR count). The average molecular weight is 340 g/mol. The minimum atomic E-state index is -0.710. The standard InChI is InChI=1S/C17H16N4O4/c22-14-11-21(12-5-2-1-3-6-12)20-16(14)17(24)19-18-15(23)9-8-13-7-4-10-25-13/h1-7,10-11,22H,8-9H2,(H,18,23)(H,19,24). The van der Waals surface area contributed by atoms with E-state index in [-0.39, 0.29) is 23.8 Å². The molecular formula is C17H16N4O4. The number of benzene rings is 1. The van der Waals surface area contributed by atoms with Crippen LogP contribution in [0.4, 0.5) is 0 Å². The molecule has 8 nitrogen and oxygen atoms in total. The third-order valence-corrected chi connectivity index (χ3v) is 3.42. The van der Waals surface area contributed by atoms with E-state index in [1.165, 1.54) is 17.1 Å². The van der Waals surface area contributed by atoms with E-state index in [2.05, 4.69) is 16.0 Å². The first-order valence-electron chi connectivity index (χ1n) is 7.59. The normalized spacial score (nSPS) is 10.4. The van der Waals surface area contributed by atoms with Crippen molar-refractivity contribution in [2.24, 2.45) is 0 Å². The summed E-state index contributed by atoms with van der Waals surface area (Å²) in [7, 11) is 0. The molecule has 0 radical (unpaired) electrons. The molecule has 25 heavy (non-hydrogen) atoms. The van der Waals surface area contributed by atoms with Crippen molar-refractivity contribution < 1.29 is 19.1 Å². The number of carbonyl (C=O) groups is 2. The molecule has 1 aromatic carbocycles. The highest BCUT2D eigenvalue weighted by Crippen LogP contribution is 2.17. The summed E-state index contributed by atoms with van der Waals surface area (Å²) in [6.45, 7) is 0. The molecule has 3 aromatic rings. The number of hydrazine groups is 1. The van der Waals surface area contributed by atoms with Crippen LogP contribution in [-0.4, -0.2) is 26.7 Å². The summed E-state index contributed by atoms with van der Waals surface area (Å²) in [5.41, 5.74) is 5.02. The lowest BCUT2D eigenvalue weighted by Gasteiger charge is -2.05. The van der Waals surface area contributed by atoms with Crippen molar-refractivity contribution in [1.82, 2.24) is 20.6 Å². The third kappa shape index (κ3) is 4.05. The number of aromatic nitrogens is 2. The molecule has 0 spiro atoms. The molecule has 3 N–H and O–H groups in total. The zero-order valence-corrected chi connectivity index (χ0v) is 13.2. The van der Waals surface area contributed by atoms with E-state index in [4.69, 9.17) is 4.42 Å². The fourth-order valence-electron chi connectivity index (χ4n) is 2.18. The molecule has 128 valence electrons. The lowest BCUT2D eigenvalue weighted by Crippen LogP contribution is -2.41. The molecule has 2 heterocycles. The van der Waals surface area contributed by atoms with Crippen LogP contribution < -0.4 is 10.9 Å². The van der Waals surface area contributed by atoms with Gasteiger partial charge in [-0.15, -0.1) is 0 Å². The Labute approximate surface area is 143 Å². The summed E-state index contributed by atoms with van der Waals surface area (Å²) < 4.78 is 6.50. The zero-order valence-electron chi connectivity index (χ0n) is 13.2. The first kappa shape index (κ1) is 16.3. The van der Waals surface area contributed by atoms with Crippen molar-refractivity contribution in [3.8, 4) is 11.4 Å². The average Bonchev–Trinajstić information content (AvgIpc) is 3.28. The van der Waals surface area contributed by atoms with E-state index in [9.17, 15) is 14.7 Å². The molecule has 0 aliphatic rings. The van der Waals surface area contributed by atoms with Crippen LogP contribution in [-0.2, 0) is 11.2 Å². The van der Waals surface area contributed by atoms with Gasteiger partial charge in [0.2, 0.25) is 5.91 Å². The first-order chi connectivity index (χ1) is 12.1. The number of hydrogen-bond donors (Lipinski definition) is 3. The number of nitrogens with one attached hydrogen (secondary N) is 2. The number of nitrogens with zero attached hydrogens (tertiary/aromatic N) is 2. The van der Waals surface area contributed by atoms with Crippen molar-refractivity contribution in [3.05, 3.63) is 66.4 Å². The number of carbonyl (C=O) groups excluding carboxylic acids is 2. The van der Waals surface area contributed by atoms with Crippen LogP contribution >= 0.6 is 0 Å². The van der Waals surface area contributed by atoms with E-state index in [1.54, 1.807) is 24.3 Å². The van der Waals surface area contributed by atoms with Gasteiger partial charge in [0.05, 0.1) is 18.1 Å². The van der Waals surface area contributed by atoms with Gasteiger partial charge in [0.15, 0.2) is 11.4 Å². The second-order valence-electron chi connectivity index (χ2n) is 5.22. The van der Waals surface area contributed by atoms with Crippen LogP contribution in [0.3, 0.4) is 0 Å². The highest BCUT2D eigenvalue weighted by Gasteiger charge is 2.17. The predicted molar refractivity (Wildman–Crippen MR) is 87.9 cm³/mol. The largest absolute Gasteiger partial charge is 0.504 e. The predicted octanol–water partition coefficient (Wildman–Crippen LogP) is 1.56. The van der Waals surface area contributed by atoms with E-state index in [1.807, 2.05) is 18.2 Å². The van der Waals surface area contributed by atoms with Crippen LogP contribution in [0, 0.1) is 0 Å². The Morgan fingerprint density at radius 1 is 1.12 bits per heavy atom. The van der Waals surface area contributed by atoms with E-state index in [0.717, 1.165) is 0 Å². The van der Waals surface area contributed by atoms with Gasteiger partial charge in [-0.1, -0.05) is 18.2 Å². The van der Waals surface area contributed by atoms with Gasteiger partial charge in [0.1, 0.15) is 5.76 Å². The van der Waals surface area contributed by atoms with Gasteiger partial charge < -0.3 is 9.52 Å². The lowest BCUT2D eigenvalue weighted by molar-refractivity contribution is -0.121. The van der Waals surface area contributed by atoms with Gasteiger partial charge in [0.25, 0.3) is 5.91 Å². The van der Waals surface area contributed by atoms with Crippen molar-refractivity contribution in [1.29, 1.82) is 0 Å². The minimum Gasteiger partial charge on any atom is -0.504 e. The maximum atomic E-state index is 12.1. The van der Waals surface area contributed by atoms with E-state index < -0.39 is 5.91 Å². The Bertz CT molecular complexity index is 856. The van der Waals surface area contributed by atoms with Crippen molar-refractivity contribution in [3.63, 3.8) is 0 Å². The smallest absolute Gasteiger partial charge is 0.294 e. The summed E-state index contributed by atoms with van der Waals surface area (Å²) in [4.78, 5) is 23.8. The monoisotopic (exact) mass is 340 g/mol. The molecule has 0 fully saturated rings. The Morgan fingerprint density at radius 3 is 2.64 bits per heavy atom. The summed E-state index contributed by atoms with van der Waals surface area (Å²) >= 11 is 0. The molecule has 0 aliphatic carbocycles. The lowest BCUT2D eigenvalue weighted by atomic mass is 10.2. The van der Waals surface area contributed by atoms with E-state index >= 15 is 0 Å². The van der Waals surface area contributed by atoms with Gasteiger partial charge in [-0.2, -0.15) is 5.10 Å². The number of aryl methyl sites for hydroxylation is 1. The van der Waals surface area contributed by atoms with Gasteiger partial charge in [0, 0.05) is 12.8 Å². The molecule has 0 atom stereocenters. The van der Waals surface area contributed by atoms with Gasteiger partial charge >= 0.3 is 0 Å². The molecule has 0 aliphatic heterocycles. The van der Waals surface area contributed by atoms with Gasteiger partial charge in [-0.05, 0) is 24.3 Å². The number of para-hydroxylation sites is 1. The third-order valence-electron chi connectivity index (χ3n) is 3.42. The molecule has 0 saturated heterocycles. The highest BCUT2D eigenvalue weighted by molar-refractivity contribution is 5.95. The van der Waals surface area contributed by atoms with Crippen LogP contribution in [0.5, 0.6) is 5.75 Å². The number of hydrogen-bond acceptors (Lipinski definition) is 5. The van der Waals surface area contributed by atoms with Crippen LogP contribution in [0.1, 0.15) is 22.7 Å². The first-order valence-corrected chi connectivity index (χ1v) is 7.59. The second kappa shape index (κ2) is 7.35. The number of amides is 2. The molecule has 0 unspecified atom stereocenters. The van der Waals surface area contributed by atoms with Crippen LogP contribution in [0.2, 0.25) is 0 Å². The highest BCUT2D eigenvalue weighted by atomic mass is 16.3. The molecular weight excluding hydrogens is 324 g/mol. The maximum Gasteiger partial charge on any atom is 0.294 e. The SMILES string of the molecule is O=C(CCc1ccco1)NNC(=O)c1nn(-c2ccccc2)cc1O. The van der Waals surface area contributed by atoms with Gasteiger partial charge in [-0.3, -0.25) is 20.4 Å². The van der Waals surface area contributed by atoms with Crippen molar-refractivity contribution in [2.75, 3.05) is 0 Å². The Kier molecular flexibility index (Phi) is 4.79. The molecule has 2 amide bonds. The summed E-state index contributed by atoms with van der Waals surface area (Å²) in [5, 5.41) is 13.9. The Hall–Kier alpha value is -3.55. The fraction of sp³-hybridized carbons (Fsp3) is 0.118. The van der Waals surface area contributed by atoms with Crippen LogP contribution in [0.25, 0.3) is 5.69 Å². The Morgan fingerprint density at radius 2 is 1.92 bits per heavy atom. The number of rotatable bonds is 5. The van der Waals surface area contributed by atoms with E-state index in [0.29, 0.717) is 17.9 Å². The fourth-order valence-corrected chi connectivity index (χ4v) is 2.18. The molecule has 0 bridgehead atoms. The Balaban J connectivity index is 1.56. The topological polar surface area (TPSA) is 109 Å². The summed E-state index contributed by atoms with van der Waals surface area (Å²) in [6.07, 6.45) is 3.42. The zero-order chi connectivity index (χ0) is 17.6. The molecule has 2 aromatic heterocycles. The summed E-state index contributed by atoms with van der Waals surface area (Å²) in [5.74, 6) is -0.697. The quantitative estimate of drug-likeness (QED) is 0.611. The van der Waals surface area contributed by atoms with Crippen LogP contribution in [0.15, 0.2) is 59.3 Å².